The minimum Gasteiger partial charge on any atom is -0.497 e. The van der Waals surface area contributed by atoms with Crippen molar-refractivity contribution in [1.82, 2.24) is 21.0 Å². The van der Waals surface area contributed by atoms with Crippen molar-refractivity contribution in [3.8, 4) is 17.1 Å². The first-order valence-corrected chi connectivity index (χ1v) is 9.23. The summed E-state index contributed by atoms with van der Waals surface area (Å²) in [6, 6.07) is 16.6. The van der Waals surface area contributed by atoms with Crippen LogP contribution in [0.2, 0.25) is 0 Å². The first kappa shape index (κ1) is 17.7. The molecule has 3 aromatic rings. The maximum atomic E-state index is 5.50. The number of aromatic nitrogens is 2. The lowest BCUT2D eigenvalue weighted by molar-refractivity contribution is 0.340. The van der Waals surface area contributed by atoms with Crippen LogP contribution in [0, 0.1) is 0 Å². The van der Waals surface area contributed by atoms with Crippen molar-refractivity contribution in [3.05, 3.63) is 65.5 Å². The van der Waals surface area contributed by atoms with E-state index in [1.807, 2.05) is 24.3 Å². The summed E-state index contributed by atoms with van der Waals surface area (Å²) in [6.07, 6.45) is 0.852. The Labute approximate surface area is 158 Å². The number of ether oxygens (including phenoxy) is 1. The van der Waals surface area contributed by atoms with Crippen molar-refractivity contribution < 1.29 is 9.26 Å². The highest BCUT2D eigenvalue weighted by Crippen LogP contribution is 2.31. The van der Waals surface area contributed by atoms with Gasteiger partial charge in [-0.2, -0.15) is 4.98 Å². The molecule has 2 atom stereocenters. The zero-order valence-electron chi connectivity index (χ0n) is 15.8. The fourth-order valence-electron chi connectivity index (χ4n) is 3.28. The molecule has 6 heteroatoms. The fraction of sp³-hybridized carbons (Fsp3) is 0.333. The van der Waals surface area contributed by atoms with Gasteiger partial charge in [0.25, 0.3) is 0 Å². The van der Waals surface area contributed by atoms with E-state index in [0.29, 0.717) is 17.6 Å². The van der Waals surface area contributed by atoms with Crippen molar-refractivity contribution in [2.75, 3.05) is 7.11 Å². The number of hydrogen-bond donors (Lipinski definition) is 2. The Morgan fingerprint density at radius 3 is 2.37 bits per heavy atom. The second-order valence-corrected chi connectivity index (χ2v) is 7.14. The van der Waals surface area contributed by atoms with Crippen LogP contribution in [0.25, 0.3) is 11.4 Å². The van der Waals surface area contributed by atoms with Crippen molar-refractivity contribution in [2.45, 2.75) is 38.3 Å². The zero-order valence-corrected chi connectivity index (χ0v) is 15.8. The molecule has 0 aliphatic carbocycles. The Hall–Kier alpha value is -2.70. The standard InChI is InChI=1S/C21H24N4O2/c1-13(2)14-4-6-15(7-5-14)18-12-19(24-23-18)21-22-20(25-27-21)16-8-10-17(26-3)11-9-16/h4-11,13,18-19,23-24H,12H2,1-3H3. The van der Waals surface area contributed by atoms with Gasteiger partial charge in [-0.3, -0.25) is 0 Å². The van der Waals surface area contributed by atoms with Crippen LogP contribution in [-0.4, -0.2) is 17.3 Å². The minimum atomic E-state index is -0.0146. The summed E-state index contributed by atoms with van der Waals surface area (Å²) in [6.45, 7) is 4.41. The van der Waals surface area contributed by atoms with Crippen molar-refractivity contribution >= 4 is 0 Å². The quantitative estimate of drug-likeness (QED) is 0.709. The molecule has 140 valence electrons. The third kappa shape index (κ3) is 3.72. The SMILES string of the molecule is COc1ccc(-c2noc(C3CC(c4ccc(C(C)C)cc4)NN3)n2)cc1. The van der Waals surface area contributed by atoms with Gasteiger partial charge in [-0.1, -0.05) is 43.3 Å². The average molecular weight is 364 g/mol. The first-order valence-electron chi connectivity index (χ1n) is 9.23. The van der Waals surface area contributed by atoms with Gasteiger partial charge in [0.2, 0.25) is 11.7 Å². The molecule has 1 fully saturated rings. The Balaban J connectivity index is 1.45. The second-order valence-electron chi connectivity index (χ2n) is 7.14. The lowest BCUT2D eigenvalue weighted by Crippen LogP contribution is -2.26. The normalized spacial score (nSPS) is 19.6. The highest BCUT2D eigenvalue weighted by atomic mass is 16.5. The minimum absolute atomic E-state index is 0.0146. The molecule has 2 aromatic carbocycles. The van der Waals surface area contributed by atoms with E-state index in [4.69, 9.17) is 9.26 Å². The van der Waals surface area contributed by atoms with Gasteiger partial charge in [-0.15, -0.1) is 0 Å². The summed E-state index contributed by atoms with van der Waals surface area (Å²) in [5, 5.41) is 4.12. The van der Waals surface area contributed by atoms with E-state index in [1.165, 1.54) is 11.1 Å². The van der Waals surface area contributed by atoms with Crippen LogP contribution in [-0.2, 0) is 0 Å². The third-order valence-corrected chi connectivity index (χ3v) is 5.00. The van der Waals surface area contributed by atoms with Gasteiger partial charge in [0.05, 0.1) is 7.11 Å². The van der Waals surface area contributed by atoms with Crippen LogP contribution < -0.4 is 15.6 Å². The number of hydrogen-bond acceptors (Lipinski definition) is 6. The monoisotopic (exact) mass is 364 g/mol. The predicted molar refractivity (Wildman–Crippen MR) is 103 cm³/mol. The summed E-state index contributed by atoms with van der Waals surface area (Å²) in [4.78, 5) is 4.56. The summed E-state index contributed by atoms with van der Waals surface area (Å²) in [7, 11) is 1.65. The molecule has 27 heavy (non-hydrogen) atoms. The van der Waals surface area contributed by atoms with Gasteiger partial charge < -0.3 is 9.26 Å². The van der Waals surface area contributed by atoms with Crippen molar-refractivity contribution in [3.63, 3.8) is 0 Å². The van der Waals surface area contributed by atoms with E-state index in [2.05, 4.69) is 59.1 Å². The van der Waals surface area contributed by atoms with E-state index in [-0.39, 0.29) is 12.1 Å². The largest absolute Gasteiger partial charge is 0.497 e. The molecule has 0 radical (unpaired) electrons. The van der Waals surface area contributed by atoms with E-state index in [0.717, 1.165) is 17.7 Å². The Morgan fingerprint density at radius 2 is 1.70 bits per heavy atom. The van der Waals surface area contributed by atoms with Gasteiger partial charge >= 0.3 is 0 Å². The molecule has 0 amide bonds. The number of rotatable bonds is 5. The molecular weight excluding hydrogens is 340 g/mol. The fourth-order valence-corrected chi connectivity index (χ4v) is 3.28. The van der Waals surface area contributed by atoms with Crippen LogP contribution in [0.15, 0.2) is 53.1 Å². The molecule has 1 saturated heterocycles. The van der Waals surface area contributed by atoms with E-state index >= 15 is 0 Å². The highest BCUT2D eigenvalue weighted by Gasteiger charge is 2.30. The summed E-state index contributed by atoms with van der Waals surface area (Å²) < 4.78 is 10.7. The van der Waals surface area contributed by atoms with E-state index in [9.17, 15) is 0 Å². The molecule has 0 bridgehead atoms. The first-order chi connectivity index (χ1) is 13.1. The average Bonchev–Trinajstić information content (AvgIpc) is 3.38. The maximum absolute atomic E-state index is 5.50. The van der Waals surface area contributed by atoms with Crippen molar-refractivity contribution in [2.24, 2.45) is 0 Å². The molecule has 2 N–H and O–H groups in total. The van der Waals surface area contributed by atoms with Crippen LogP contribution >= 0.6 is 0 Å². The number of benzene rings is 2. The summed E-state index contributed by atoms with van der Waals surface area (Å²) in [5.41, 5.74) is 10.1. The molecule has 2 heterocycles. The van der Waals surface area contributed by atoms with E-state index in [1.54, 1.807) is 7.11 Å². The Bertz CT molecular complexity index is 887. The van der Waals surface area contributed by atoms with Gasteiger partial charge in [-0.05, 0) is 47.7 Å². The Kier molecular flexibility index (Phi) is 4.92. The lowest BCUT2D eigenvalue weighted by Gasteiger charge is -2.11. The summed E-state index contributed by atoms with van der Waals surface area (Å²) in [5.74, 6) is 2.51. The number of hydrazine groups is 1. The zero-order chi connectivity index (χ0) is 18.8. The topological polar surface area (TPSA) is 72.2 Å². The third-order valence-electron chi connectivity index (χ3n) is 5.00. The second kappa shape index (κ2) is 7.50. The molecule has 1 aliphatic rings. The van der Waals surface area contributed by atoms with Gasteiger partial charge in [0, 0.05) is 11.6 Å². The summed E-state index contributed by atoms with van der Waals surface area (Å²) >= 11 is 0. The van der Waals surface area contributed by atoms with Gasteiger partial charge in [0.1, 0.15) is 11.8 Å². The molecule has 1 aromatic heterocycles. The van der Waals surface area contributed by atoms with Crippen LogP contribution in [0.3, 0.4) is 0 Å². The predicted octanol–water partition coefficient (Wildman–Crippen LogP) is 4.15. The van der Waals surface area contributed by atoms with Gasteiger partial charge in [0.15, 0.2) is 0 Å². The molecule has 1 aliphatic heterocycles. The number of nitrogens with zero attached hydrogens (tertiary/aromatic N) is 2. The molecular formula is C21H24N4O2. The van der Waals surface area contributed by atoms with E-state index < -0.39 is 0 Å². The molecule has 4 rings (SSSR count). The van der Waals surface area contributed by atoms with Gasteiger partial charge in [-0.25, -0.2) is 10.9 Å². The number of nitrogens with one attached hydrogen (secondary N) is 2. The molecule has 0 spiro atoms. The number of methoxy groups -OCH3 is 1. The highest BCUT2D eigenvalue weighted by molar-refractivity contribution is 5.55. The van der Waals surface area contributed by atoms with Crippen LogP contribution in [0.4, 0.5) is 0 Å². The van der Waals surface area contributed by atoms with Crippen molar-refractivity contribution in [1.29, 1.82) is 0 Å². The van der Waals surface area contributed by atoms with Crippen LogP contribution in [0.5, 0.6) is 5.75 Å². The van der Waals surface area contributed by atoms with Crippen LogP contribution in [0.1, 0.15) is 55.3 Å². The molecule has 6 nitrogen and oxygen atoms in total. The maximum Gasteiger partial charge on any atom is 0.245 e. The Morgan fingerprint density at radius 1 is 1.00 bits per heavy atom. The smallest absolute Gasteiger partial charge is 0.245 e. The molecule has 2 unspecified atom stereocenters. The lowest BCUT2D eigenvalue weighted by atomic mass is 9.97. The molecule has 0 saturated carbocycles.